The van der Waals surface area contributed by atoms with Gasteiger partial charge in [0.05, 0.1) is 0 Å². The molecule has 0 aliphatic heterocycles. The Morgan fingerprint density at radius 1 is 1.36 bits per heavy atom. The van der Waals surface area contributed by atoms with Gasteiger partial charge in [-0.3, -0.25) is 4.79 Å². The third kappa shape index (κ3) is 44.6. The number of aliphatic hydroxyl groups is 1. The SMILES string of the molecule is CCCCC(=O)O.CCO.N. The van der Waals surface area contributed by atoms with Crippen molar-refractivity contribution >= 4 is 5.97 Å². The van der Waals surface area contributed by atoms with Gasteiger partial charge < -0.3 is 16.4 Å². The first kappa shape index (κ1) is 16.8. The van der Waals surface area contributed by atoms with E-state index in [0.29, 0.717) is 6.42 Å². The molecule has 0 heterocycles. The first-order chi connectivity index (χ1) is 4.68. The highest BCUT2D eigenvalue weighted by Crippen LogP contribution is 1.91. The van der Waals surface area contributed by atoms with Gasteiger partial charge in [-0.25, -0.2) is 0 Å². The van der Waals surface area contributed by atoms with Gasteiger partial charge in [-0.05, 0) is 13.3 Å². The molecule has 0 amide bonds. The molecule has 0 rings (SSSR count). The van der Waals surface area contributed by atoms with E-state index in [9.17, 15) is 4.79 Å². The van der Waals surface area contributed by atoms with Crippen molar-refractivity contribution in [3.63, 3.8) is 0 Å². The zero-order valence-corrected chi connectivity index (χ0v) is 7.34. The van der Waals surface area contributed by atoms with E-state index in [1.54, 1.807) is 6.92 Å². The number of unbranched alkanes of at least 4 members (excludes halogenated alkanes) is 1. The Hall–Kier alpha value is -0.610. The summed E-state index contributed by atoms with van der Waals surface area (Å²) in [5, 5.41) is 15.6. The van der Waals surface area contributed by atoms with Gasteiger partial charge in [0.15, 0.2) is 0 Å². The van der Waals surface area contributed by atoms with Crippen LogP contribution in [-0.2, 0) is 4.79 Å². The highest BCUT2D eigenvalue weighted by molar-refractivity contribution is 5.66. The van der Waals surface area contributed by atoms with Crippen molar-refractivity contribution in [1.29, 1.82) is 0 Å². The van der Waals surface area contributed by atoms with Crippen molar-refractivity contribution in [1.82, 2.24) is 6.15 Å². The number of aliphatic carboxylic acids is 1. The number of carbonyl (C=O) groups is 1. The van der Waals surface area contributed by atoms with Crippen LogP contribution >= 0.6 is 0 Å². The van der Waals surface area contributed by atoms with Gasteiger partial charge in [-0.15, -0.1) is 0 Å². The Morgan fingerprint density at radius 3 is 1.82 bits per heavy atom. The average molecular weight is 165 g/mol. The molecule has 0 saturated carbocycles. The molecule has 0 radical (unpaired) electrons. The number of hydrogen-bond acceptors (Lipinski definition) is 3. The molecule has 5 N–H and O–H groups in total. The maximum Gasteiger partial charge on any atom is 0.303 e. The zero-order valence-electron chi connectivity index (χ0n) is 7.34. The first-order valence-corrected chi connectivity index (χ1v) is 3.51. The molecule has 0 aromatic rings. The van der Waals surface area contributed by atoms with Crippen molar-refractivity contribution in [2.45, 2.75) is 33.1 Å². The lowest BCUT2D eigenvalue weighted by Gasteiger charge is -1.85. The Bertz CT molecular complexity index is 76.1. The Labute approximate surface area is 67.8 Å². The van der Waals surface area contributed by atoms with E-state index in [0.717, 1.165) is 12.8 Å². The van der Waals surface area contributed by atoms with Crippen LogP contribution in [0.1, 0.15) is 33.1 Å². The second-order valence-electron chi connectivity index (χ2n) is 1.81. The van der Waals surface area contributed by atoms with E-state index in [-0.39, 0.29) is 12.8 Å². The van der Waals surface area contributed by atoms with Crippen LogP contribution in [0.3, 0.4) is 0 Å². The van der Waals surface area contributed by atoms with Gasteiger partial charge in [0.1, 0.15) is 0 Å². The maximum atomic E-state index is 9.76. The molecule has 11 heavy (non-hydrogen) atoms. The van der Waals surface area contributed by atoms with Crippen LogP contribution in [0.2, 0.25) is 0 Å². The van der Waals surface area contributed by atoms with E-state index in [2.05, 4.69) is 0 Å². The molecule has 70 valence electrons. The van der Waals surface area contributed by atoms with Gasteiger partial charge in [0, 0.05) is 13.0 Å². The summed E-state index contributed by atoms with van der Waals surface area (Å²) in [5.74, 6) is -0.693. The van der Waals surface area contributed by atoms with Crippen molar-refractivity contribution < 1.29 is 15.0 Å². The summed E-state index contributed by atoms with van der Waals surface area (Å²) >= 11 is 0. The van der Waals surface area contributed by atoms with Crippen LogP contribution < -0.4 is 6.15 Å². The fourth-order valence-corrected chi connectivity index (χ4v) is 0.328. The van der Waals surface area contributed by atoms with E-state index >= 15 is 0 Å². The van der Waals surface area contributed by atoms with Crippen LogP contribution in [0.4, 0.5) is 0 Å². The third-order valence-electron chi connectivity index (χ3n) is 0.744. The predicted octanol–water partition coefficient (Wildman–Crippen LogP) is 1.42. The normalized spacial score (nSPS) is 7.18. The lowest BCUT2D eigenvalue weighted by Crippen LogP contribution is -1.91. The second-order valence-corrected chi connectivity index (χ2v) is 1.81. The molecule has 0 bridgehead atoms. The highest BCUT2D eigenvalue weighted by atomic mass is 16.4. The minimum atomic E-state index is -0.693. The lowest BCUT2D eigenvalue weighted by molar-refractivity contribution is -0.137. The zero-order chi connectivity index (χ0) is 8.41. The summed E-state index contributed by atoms with van der Waals surface area (Å²) in [5.41, 5.74) is 0. The van der Waals surface area contributed by atoms with Crippen LogP contribution in [0.15, 0.2) is 0 Å². The standard InChI is InChI=1S/C5H10O2.C2H6O.H3N/c1-2-3-4-5(6)7;1-2-3;/h2-4H2,1H3,(H,6,7);3H,2H2,1H3;1H3. The summed E-state index contributed by atoms with van der Waals surface area (Å²) in [6.45, 7) is 3.91. The van der Waals surface area contributed by atoms with Gasteiger partial charge in [-0.1, -0.05) is 13.3 Å². The maximum absolute atomic E-state index is 9.76. The Morgan fingerprint density at radius 2 is 1.73 bits per heavy atom. The van der Waals surface area contributed by atoms with Crippen LogP contribution in [0.25, 0.3) is 0 Å². The van der Waals surface area contributed by atoms with Gasteiger partial charge in [0.25, 0.3) is 0 Å². The Kier molecular flexibility index (Phi) is 24.7. The van der Waals surface area contributed by atoms with E-state index in [1.165, 1.54) is 0 Å². The summed E-state index contributed by atoms with van der Waals surface area (Å²) < 4.78 is 0. The number of carboxylic acids is 1. The molecule has 0 aliphatic carbocycles. The van der Waals surface area contributed by atoms with Gasteiger partial charge in [-0.2, -0.15) is 0 Å². The molecule has 0 aromatic heterocycles. The topological polar surface area (TPSA) is 92.5 Å². The smallest absolute Gasteiger partial charge is 0.303 e. The average Bonchev–Trinajstić information content (AvgIpc) is 1.85. The van der Waals surface area contributed by atoms with Crippen LogP contribution in [0.5, 0.6) is 0 Å². The highest BCUT2D eigenvalue weighted by Gasteiger charge is 1.90. The van der Waals surface area contributed by atoms with E-state index in [4.69, 9.17) is 10.2 Å². The molecule has 0 unspecified atom stereocenters. The minimum absolute atomic E-state index is 0. The lowest BCUT2D eigenvalue weighted by atomic mass is 10.3. The van der Waals surface area contributed by atoms with E-state index < -0.39 is 5.97 Å². The molecule has 0 atom stereocenters. The summed E-state index contributed by atoms with van der Waals surface area (Å²) in [4.78, 5) is 9.76. The molecule has 0 spiro atoms. The molecule has 4 nitrogen and oxygen atoms in total. The predicted molar refractivity (Wildman–Crippen MR) is 44.9 cm³/mol. The first-order valence-electron chi connectivity index (χ1n) is 3.51. The van der Waals surface area contributed by atoms with Crippen molar-refractivity contribution in [2.24, 2.45) is 0 Å². The number of carboxylic acid groups (broad SMARTS) is 1. The summed E-state index contributed by atoms with van der Waals surface area (Å²) in [7, 11) is 0. The summed E-state index contributed by atoms with van der Waals surface area (Å²) in [6.07, 6.45) is 2.08. The van der Waals surface area contributed by atoms with Crippen LogP contribution in [0, 0.1) is 0 Å². The molecular formula is C7H19NO3. The van der Waals surface area contributed by atoms with E-state index in [1.807, 2.05) is 6.92 Å². The van der Waals surface area contributed by atoms with Crippen molar-refractivity contribution in [3.05, 3.63) is 0 Å². The third-order valence-corrected chi connectivity index (χ3v) is 0.744. The molecule has 0 fully saturated rings. The fraction of sp³-hybridized carbons (Fsp3) is 0.857. The Balaban J connectivity index is -0.000000140. The molecule has 0 saturated heterocycles. The second kappa shape index (κ2) is 16.2. The quantitative estimate of drug-likeness (QED) is 0.589. The monoisotopic (exact) mass is 165 g/mol. The number of rotatable bonds is 3. The number of aliphatic hydroxyl groups excluding tert-OH is 1. The van der Waals surface area contributed by atoms with Crippen LogP contribution in [-0.4, -0.2) is 22.8 Å². The number of hydrogen-bond donors (Lipinski definition) is 3. The molecule has 0 aliphatic rings. The van der Waals surface area contributed by atoms with Crippen molar-refractivity contribution in [2.75, 3.05) is 6.61 Å². The fourth-order valence-electron chi connectivity index (χ4n) is 0.328. The van der Waals surface area contributed by atoms with Gasteiger partial charge >= 0.3 is 5.97 Å². The largest absolute Gasteiger partial charge is 0.481 e. The molecule has 4 heteroatoms. The summed E-state index contributed by atoms with van der Waals surface area (Å²) in [6, 6.07) is 0. The molecular weight excluding hydrogens is 146 g/mol. The minimum Gasteiger partial charge on any atom is -0.481 e. The van der Waals surface area contributed by atoms with Gasteiger partial charge in [0.2, 0.25) is 0 Å². The van der Waals surface area contributed by atoms with Crippen molar-refractivity contribution in [3.8, 4) is 0 Å². The molecule has 0 aromatic carbocycles.